The maximum atomic E-state index is 13.7. The van der Waals surface area contributed by atoms with Crippen LogP contribution in [0, 0.1) is 12.7 Å². The first-order valence-electron chi connectivity index (χ1n) is 5.60. The fourth-order valence-electron chi connectivity index (χ4n) is 1.71. The Balaban J connectivity index is 2.45. The third-order valence-corrected chi connectivity index (χ3v) is 3.09. The number of thiocarbonyl (C=S) groups is 1. The van der Waals surface area contributed by atoms with Gasteiger partial charge in [0.05, 0.1) is 11.4 Å². The third kappa shape index (κ3) is 3.22. The fourth-order valence-corrected chi connectivity index (χ4v) is 2.06. The number of benzene rings is 2. The quantitative estimate of drug-likeness (QED) is 0.835. The minimum Gasteiger partial charge on any atom is -0.389 e. The van der Waals surface area contributed by atoms with E-state index in [1.54, 1.807) is 30.3 Å². The van der Waals surface area contributed by atoms with Gasteiger partial charge in [0.25, 0.3) is 0 Å². The molecule has 19 heavy (non-hydrogen) atoms. The molecule has 0 atom stereocenters. The molecule has 0 aliphatic carbocycles. The van der Waals surface area contributed by atoms with Crippen LogP contribution in [0.5, 0.6) is 0 Å². The van der Waals surface area contributed by atoms with E-state index in [1.165, 1.54) is 6.07 Å². The Morgan fingerprint density at radius 1 is 1.21 bits per heavy atom. The smallest absolute Gasteiger partial charge is 0.146 e. The first-order valence-corrected chi connectivity index (χ1v) is 6.38. The Morgan fingerprint density at radius 3 is 2.63 bits per heavy atom. The van der Waals surface area contributed by atoms with E-state index in [-0.39, 0.29) is 10.8 Å². The Morgan fingerprint density at radius 2 is 1.95 bits per heavy atom. The summed E-state index contributed by atoms with van der Waals surface area (Å²) in [5, 5.41) is 3.50. The van der Waals surface area contributed by atoms with Gasteiger partial charge in [-0.05, 0) is 42.8 Å². The number of hydrogen-bond acceptors (Lipinski definition) is 2. The molecule has 0 aromatic heterocycles. The van der Waals surface area contributed by atoms with Crippen molar-refractivity contribution in [1.29, 1.82) is 0 Å². The molecule has 0 amide bonds. The number of rotatable bonds is 3. The van der Waals surface area contributed by atoms with Crippen molar-refractivity contribution in [3.63, 3.8) is 0 Å². The van der Waals surface area contributed by atoms with E-state index in [1.807, 2.05) is 6.92 Å². The average molecular weight is 295 g/mol. The fraction of sp³-hybridized carbons (Fsp3) is 0.0714. The Kier molecular flexibility index (Phi) is 4.02. The molecule has 0 fully saturated rings. The van der Waals surface area contributed by atoms with Crippen molar-refractivity contribution in [3.05, 3.63) is 58.4 Å². The first kappa shape index (κ1) is 13.8. The number of nitrogens with one attached hydrogen (secondary N) is 1. The molecule has 0 bridgehead atoms. The SMILES string of the molecule is Cc1ccc(F)c(Nc2cc(Cl)ccc2C(N)=S)c1. The van der Waals surface area contributed by atoms with Gasteiger partial charge in [-0.1, -0.05) is 29.9 Å². The minimum absolute atomic E-state index is 0.229. The van der Waals surface area contributed by atoms with E-state index in [4.69, 9.17) is 29.6 Å². The summed E-state index contributed by atoms with van der Waals surface area (Å²) in [6, 6.07) is 9.88. The molecule has 0 unspecified atom stereocenters. The lowest BCUT2D eigenvalue weighted by atomic mass is 10.1. The van der Waals surface area contributed by atoms with Crippen LogP contribution in [0.4, 0.5) is 15.8 Å². The zero-order valence-electron chi connectivity index (χ0n) is 10.2. The van der Waals surface area contributed by atoms with Crippen molar-refractivity contribution >= 4 is 40.2 Å². The summed E-state index contributed by atoms with van der Waals surface area (Å²) in [7, 11) is 0. The summed E-state index contributed by atoms with van der Waals surface area (Å²) in [5.74, 6) is -0.348. The zero-order valence-corrected chi connectivity index (χ0v) is 11.8. The van der Waals surface area contributed by atoms with E-state index in [0.29, 0.717) is 22.0 Å². The molecule has 2 rings (SSSR count). The lowest BCUT2D eigenvalue weighted by Crippen LogP contribution is -2.12. The van der Waals surface area contributed by atoms with Crippen molar-refractivity contribution in [3.8, 4) is 0 Å². The highest BCUT2D eigenvalue weighted by molar-refractivity contribution is 7.80. The Bertz CT molecular complexity index is 643. The van der Waals surface area contributed by atoms with Crippen LogP contribution in [0.3, 0.4) is 0 Å². The van der Waals surface area contributed by atoms with Crippen molar-refractivity contribution in [2.45, 2.75) is 6.92 Å². The van der Waals surface area contributed by atoms with Gasteiger partial charge in [-0.15, -0.1) is 0 Å². The standard InChI is InChI=1S/C14H12ClFN2S/c1-8-2-5-11(16)13(6-8)18-12-7-9(15)3-4-10(12)14(17)19/h2-7,18H,1H3,(H2,17,19). The summed E-state index contributed by atoms with van der Waals surface area (Å²) < 4.78 is 13.7. The Labute approximate surface area is 121 Å². The number of halogens is 2. The topological polar surface area (TPSA) is 38.0 Å². The molecule has 0 radical (unpaired) electrons. The molecule has 0 saturated heterocycles. The average Bonchev–Trinajstić information content (AvgIpc) is 2.33. The zero-order chi connectivity index (χ0) is 14.0. The summed E-state index contributed by atoms with van der Waals surface area (Å²) in [5.41, 5.74) is 8.16. The summed E-state index contributed by atoms with van der Waals surface area (Å²) in [6.07, 6.45) is 0. The number of aryl methyl sites for hydroxylation is 1. The van der Waals surface area contributed by atoms with Gasteiger partial charge in [0.1, 0.15) is 10.8 Å². The van der Waals surface area contributed by atoms with Crippen LogP contribution >= 0.6 is 23.8 Å². The molecule has 98 valence electrons. The van der Waals surface area contributed by atoms with Crippen LogP contribution in [0.25, 0.3) is 0 Å². The molecule has 0 spiro atoms. The molecule has 2 nitrogen and oxygen atoms in total. The van der Waals surface area contributed by atoms with Gasteiger partial charge in [0.2, 0.25) is 0 Å². The molecule has 0 aliphatic heterocycles. The number of anilines is 2. The molecular formula is C14H12ClFN2S. The van der Waals surface area contributed by atoms with Crippen molar-refractivity contribution in [1.82, 2.24) is 0 Å². The van der Waals surface area contributed by atoms with Gasteiger partial charge < -0.3 is 11.1 Å². The maximum Gasteiger partial charge on any atom is 0.146 e. The second kappa shape index (κ2) is 5.55. The molecule has 0 aliphatic rings. The predicted octanol–water partition coefficient (Wildman–Crippen LogP) is 4.17. The van der Waals surface area contributed by atoms with Crippen molar-refractivity contribution < 1.29 is 4.39 Å². The second-order valence-corrected chi connectivity index (χ2v) is 5.04. The molecule has 5 heteroatoms. The van der Waals surface area contributed by atoms with Crippen LogP contribution in [0.2, 0.25) is 5.02 Å². The highest BCUT2D eigenvalue weighted by Gasteiger charge is 2.09. The van der Waals surface area contributed by atoms with E-state index in [2.05, 4.69) is 5.32 Å². The molecule has 2 aromatic rings. The van der Waals surface area contributed by atoms with Crippen LogP contribution < -0.4 is 11.1 Å². The van der Waals surface area contributed by atoms with Crippen molar-refractivity contribution in [2.75, 3.05) is 5.32 Å². The normalized spacial score (nSPS) is 10.3. The largest absolute Gasteiger partial charge is 0.389 e. The van der Waals surface area contributed by atoms with E-state index >= 15 is 0 Å². The van der Waals surface area contributed by atoms with Crippen LogP contribution in [0.1, 0.15) is 11.1 Å². The highest BCUT2D eigenvalue weighted by Crippen LogP contribution is 2.26. The van der Waals surface area contributed by atoms with Gasteiger partial charge in [0.15, 0.2) is 0 Å². The summed E-state index contributed by atoms with van der Waals surface area (Å²) in [4.78, 5) is 0.229. The number of nitrogens with two attached hydrogens (primary N) is 1. The summed E-state index contributed by atoms with van der Waals surface area (Å²) >= 11 is 10.9. The minimum atomic E-state index is -0.348. The van der Waals surface area contributed by atoms with Crippen LogP contribution in [-0.2, 0) is 0 Å². The van der Waals surface area contributed by atoms with Gasteiger partial charge in [-0.3, -0.25) is 0 Å². The molecule has 2 aromatic carbocycles. The molecular weight excluding hydrogens is 283 g/mol. The van der Waals surface area contributed by atoms with Crippen LogP contribution in [-0.4, -0.2) is 4.99 Å². The van der Waals surface area contributed by atoms with Crippen LogP contribution in [0.15, 0.2) is 36.4 Å². The van der Waals surface area contributed by atoms with Gasteiger partial charge in [0, 0.05) is 10.6 Å². The molecule has 0 saturated carbocycles. The lowest BCUT2D eigenvalue weighted by Gasteiger charge is -2.13. The number of hydrogen-bond donors (Lipinski definition) is 2. The monoisotopic (exact) mass is 294 g/mol. The predicted molar refractivity (Wildman–Crippen MR) is 81.8 cm³/mol. The van der Waals surface area contributed by atoms with E-state index in [9.17, 15) is 4.39 Å². The lowest BCUT2D eigenvalue weighted by molar-refractivity contribution is 0.631. The summed E-state index contributed by atoms with van der Waals surface area (Å²) in [6.45, 7) is 1.89. The first-order chi connectivity index (χ1) is 8.97. The van der Waals surface area contributed by atoms with Gasteiger partial charge in [-0.25, -0.2) is 4.39 Å². The Hall–Kier alpha value is -1.65. The van der Waals surface area contributed by atoms with Crippen molar-refractivity contribution in [2.24, 2.45) is 5.73 Å². The molecule has 3 N–H and O–H groups in total. The maximum absolute atomic E-state index is 13.7. The van der Waals surface area contributed by atoms with E-state index in [0.717, 1.165) is 5.56 Å². The molecule has 0 heterocycles. The third-order valence-electron chi connectivity index (χ3n) is 2.64. The van der Waals surface area contributed by atoms with Gasteiger partial charge in [-0.2, -0.15) is 0 Å². The second-order valence-electron chi connectivity index (χ2n) is 4.16. The van der Waals surface area contributed by atoms with Gasteiger partial charge >= 0.3 is 0 Å². The van der Waals surface area contributed by atoms with E-state index < -0.39 is 0 Å². The highest BCUT2D eigenvalue weighted by atomic mass is 35.5.